The van der Waals surface area contributed by atoms with Crippen molar-refractivity contribution in [3.8, 4) is 0 Å². The summed E-state index contributed by atoms with van der Waals surface area (Å²) in [5, 5.41) is 2.84. The molecule has 2 aliphatic heterocycles. The molecule has 0 spiro atoms. The van der Waals surface area contributed by atoms with Crippen LogP contribution in [-0.2, 0) is 10.0 Å². The molecule has 35 heavy (non-hydrogen) atoms. The van der Waals surface area contributed by atoms with Crippen LogP contribution in [0.25, 0.3) is 20.9 Å². The fourth-order valence-corrected chi connectivity index (χ4v) is 8.13. The minimum atomic E-state index is -3.59. The number of fused-ring (bicyclic) bond motifs is 2. The minimum absolute atomic E-state index is 0.0412. The Kier molecular flexibility index (Phi) is 6.18. The van der Waals surface area contributed by atoms with Gasteiger partial charge < -0.3 is 4.90 Å². The number of rotatable bonds is 6. The number of sulfonamides is 1. The summed E-state index contributed by atoms with van der Waals surface area (Å²) in [5.74, 6) is 1.10. The first-order chi connectivity index (χ1) is 17.1. The Morgan fingerprint density at radius 3 is 2.54 bits per heavy atom. The second kappa shape index (κ2) is 9.46. The van der Waals surface area contributed by atoms with Gasteiger partial charge in [-0.3, -0.25) is 9.88 Å². The van der Waals surface area contributed by atoms with Crippen molar-refractivity contribution in [1.82, 2.24) is 18.6 Å². The molecule has 0 bridgehead atoms. The van der Waals surface area contributed by atoms with E-state index in [0.717, 1.165) is 68.6 Å². The Hall–Kier alpha value is -2.59. The van der Waals surface area contributed by atoms with Crippen LogP contribution in [0.1, 0.15) is 19.3 Å². The predicted octanol–water partition coefficient (Wildman–Crippen LogP) is 4.21. The number of nitrogens with zero attached hydrogens (tertiary/aromatic N) is 5. The third-order valence-corrected chi connectivity index (χ3v) is 10.1. The van der Waals surface area contributed by atoms with Gasteiger partial charge in [-0.25, -0.2) is 8.42 Å². The van der Waals surface area contributed by atoms with Crippen LogP contribution < -0.4 is 4.90 Å². The maximum absolute atomic E-state index is 13.7. The van der Waals surface area contributed by atoms with Gasteiger partial charge >= 0.3 is 0 Å². The van der Waals surface area contributed by atoms with E-state index >= 15 is 0 Å². The number of hydrogen-bond donors (Lipinski definition) is 0. The van der Waals surface area contributed by atoms with E-state index in [1.54, 1.807) is 22.0 Å². The molecule has 4 aromatic rings. The van der Waals surface area contributed by atoms with E-state index in [1.807, 2.05) is 24.3 Å². The van der Waals surface area contributed by atoms with Gasteiger partial charge in [0.25, 0.3) is 0 Å². The van der Waals surface area contributed by atoms with Crippen LogP contribution in [0.5, 0.6) is 0 Å². The monoisotopic (exact) mass is 507 g/mol. The molecule has 2 aromatic heterocycles. The number of aromatic nitrogens is 2. The molecular formula is C26H29N5O2S2. The van der Waals surface area contributed by atoms with Crippen molar-refractivity contribution in [1.29, 1.82) is 0 Å². The standard InChI is InChI=1S/C26H29N5O2S2/c32-35(33,25-19-27-18-20-6-1-2-8-22(20)25)31-12-5-7-21(31)11-13-29-14-16-30(17-15-29)26-23-9-3-4-10-24(23)34-28-26/h1-4,6,8-10,18-19,21H,5,7,11-17H2/t21-/m0/s1. The van der Waals surface area contributed by atoms with Crippen LogP contribution in [0.2, 0.25) is 0 Å². The number of hydrogen-bond acceptors (Lipinski definition) is 7. The first-order valence-corrected chi connectivity index (χ1v) is 14.5. The van der Waals surface area contributed by atoms with Crippen molar-refractivity contribution in [3.63, 3.8) is 0 Å². The van der Waals surface area contributed by atoms with Gasteiger partial charge in [0, 0.05) is 67.3 Å². The number of pyridine rings is 1. The van der Waals surface area contributed by atoms with E-state index in [-0.39, 0.29) is 6.04 Å². The summed E-state index contributed by atoms with van der Waals surface area (Å²) in [5.41, 5.74) is 0. The van der Waals surface area contributed by atoms with Gasteiger partial charge in [0.05, 0.1) is 4.70 Å². The van der Waals surface area contributed by atoms with Crippen LogP contribution in [0.15, 0.2) is 65.8 Å². The third kappa shape index (κ3) is 4.31. The van der Waals surface area contributed by atoms with Gasteiger partial charge in [-0.05, 0) is 49.5 Å². The Bertz CT molecular complexity index is 1440. The first-order valence-electron chi connectivity index (χ1n) is 12.3. The lowest BCUT2D eigenvalue weighted by molar-refractivity contribution is 0.232. The lowest BCUT2D eigenvalue weighted by Crippen LogP contribution is -2.48. The van der Waals surface area contributed by atoms with E-state index in [1.165, 1.54) is 16.3 Å². The van der Waals surface area contributed by atoms with Crippen molar-refractivity contribution in [2.45, 2.75) is 30.2 Å². The Labute approximate surface area is 210 Å². The van der Waals surface area contributed by atoms with Gasteiger partial charge in [-0.15, -0.1) is 0 Å². The molecule has 2 saturated heterocycles. The van der Waals surface area contributed by atoms with Crippen LogP contribution in [0.3, 0.4) is 0 Å². The second-order valence-electron chi connectivity index (χ2n) is 9.39. The molecule has 2 fully saturated rings. The lowest BCUT2D eigenvalue weighted by atomic mass is 10.1. The largest absolute Gasteiger partial charge is 0.353 e. The fraction of sp³-hybridized carbons (Fsp3) is 0.385. The third-order valence-electron chi connectivity index (χ3n) is 7.35. The molecule has 0 aliphatic carbocycles. The highest BCUT2D eigenvalue weighted by atomic mass is 32.2. The van der Waals surface area contributed by atoms with Crippen molar-refractivity contribution >= 4 is 48.2 Å². The highest BCUT2D eigenvalue weighted by Gasteiger charge is 2.36. The molecule has 0 unspecified atom stereocenters. The maximum atomic E-state index is 13.7. The predicted molar refractivity (Wildman–Crippen MR) is 142 cm³/mol. The zero-order valence-electron chi connectivity index (χ0n) is 19.6. The molecule has 0 amide bonds. The average Bonchev–Trinajstić information content (AvgIpc) is 3.55. The Balaban J connectivity index is 1.11. The molecule has 0 N–H and O–H groups in total. The maximum Gasteiger partial charge on any atom is 0.245 e. The molecule has 2 aromatic carbocycles. The van der Waals surface area contributed by atoms with Crippen LogP contribution in [0.4, 0.5) is 5.82 Å². The lowest BCUT2D eigenvalue weighted by Gasteiger charge is -2.36. The van der Waals surface area contributed by atoms with Crippen molar-refractivity contribution in [2.24, 2.45) is 0 Å². The van der Waals surface area contributed by atoms with E-state index < -0.39 is 10.0 Å². The molecule has 0 radical (unpaired) electrons. The summed E-state index contributed by atoms with van der Waals surface area (Å²) in [4.78, 5) is 9.39. The molecule has 6 rings (SSSR count). The van der Waals surface area contributed by atoms with Gasteiger partial charge in [-0.1, -0.05) is 36.4 Å². The molecule has 0 saturated carbocycles. The number of piperazine rings is 1. The summed E-state index contributed by atoms with van der Waals surface area (Å²) < 4.78 is 35.0. The summed E-state index contributed by atoms with van der Waals surface area (Å²) in [6.07, 6.45) is 5.92. The van der Waals surface area contributed by atoms with Crippen LogP contribution >= 0.6 is 11.5 Å². The zero-order chi connectivity index (χ0) is 23.8. The molecule has 1 atom stereocenters. The second-order valence-corrected chi connectivity index (χ2v) is 12.1. The SMILES string of the molecule is O=S(=O)(c1cncc2ccccc12)N1CCC[C@H]1CCN1CCN(c2nsc3ccccc23)CC1. The summed E-state index contributed by atoms with van der Waals surface area (Å²) in [6, 6.07) is 16.0. The van der Waals surface area contributed by atoms with E-state index in [9.17, 15) is 8.42 Å². The molecule has 4 heterocycles. The quantitative estimate of drug-likeness (QED) is 0.389. The zero-order valence-corrected chi connectivity index (χ0v) is 21.2. The topological polar surface area (TPSA) is 69.6 Å². The summed E-state index contributed by atoms with van der Waals surface area (Å²) in [7, 11) is -3.59. The summed E-state index contributed by atoms with van der Waals surface area (Å²) >= 11 is 1.56. The first kappa shape index (κ1) is 22.8. The molecule has 182 valence electrons. The highest BCUT2D eigenvalue weighted by molar-refractivity contribution is 7.89. The molecule has 2 aliphatic rings. The van der Waals surface area contributed by atoms with E-state index in [0.29, 0.717) is 11.4 Å². The van der Waals surface area contributed by atoms with Gasteiger partial charge in [0.2, 0.25) is 10.0 Å². The highest BCUT2D eigenvalue weighted by Crippen LogP contribution is 2.32. The molecule has 7 nitrogen and oxygen atoms in total. The van der Waals surface area contributed by atoms with E-state index in [2.05, 4.69) is 39.0 Å². The van der Waals surface area contributed by atoms with E-state index in [4.69, 9.17) is 4.37 Å². The summed E-state index contributed by atoms with van der Waals surface area (Å²) in [6.45, 7) is 5.33. The van der Waals surface area contributed by atoms with Crippen LogP contribution in [0, 0.1) is 0 Å². The normalized spacial score (nSPS) is 20.2. The number of anilines is 1. The van der Waals surface area contributed by atoms with Crippen LogP contribution in [-0.4, -0.2) is 72.3 Å². The van der Waals surface area contributed by atoms with Gasteiger partial charge in [0.1, 0.15) is 10.7 Å². The van der Waals surface area contributed by atoms with Gasteiger partial charge in [-0.2, -0.15) is 8.68 Å². The molecular weight excluding hydrogens is 478 g/mol. The smallest absolute Gasteiger partial charge is 0.245 e. The Morgan fingerprint density at radius 1 is 0.914 bits per heavy atom. The fourth-order valence-electron chi connectivity index (χ4n) is 5.45. The number of benzene rings is 2. The van der Waals surface area contributed by atoms with Gasteiger partial charge in [0.15, 0.2) is 0 Å². The minimum Gasteiger partial charge on any atom is -0.353 e. The van der Waals surface area contributed by atoms with Crippen molar-refractivity contribution < 1.29 is 8.42 Å². The molecule has 9 heteroatoms. The van der Waals surface area contributed by atoms with Crippen molar-refractivity contribution in [2.75, 3.05) is 44.2 Å². The average molecular weight is 508 g/mol. The van der Waals surface area contributed by atoms with Crippen molar-refractivity contribution in [3.05, 3.63) is 60.9 Å². The Morgan fingerprint density at radius 2 is 1.69 bits per heavy atom.